The molecule has 4 atom stereocenters. The van der Waals surface area contributed by atoms with E-state index in [1.165, 1.54) is 0 Å². The monoisotopic (exact) mass is 330 g/mol. The molecule has 24 heavy (non-hydrogen) atoms. The zero-order chi connectivity index (χ0) is 17.4. The number of carbonyl (C=O) groups is 2. The second kappa shape index (κ2) is 4.52. The number of phenolic OH excluding ortho intramolecular Hbond substituents is 2. The van der Waals surface area contributed by atoms with Gasteiger partial charge in [-0.3, -0.25) is 9.59 Å². The Morgan fingerprint density at radius 3 is 2.33 bits per heavy atom. The van der Waals surface area contributed by atoms with Gasteiger partial charge in [-0.05, 0) is 37.5 Å². The van der Waals surface area contributed by atoms with Crippen molar-refractivity contribution in [1.29, 1.82) is 0 Å². The van der Waals surface area contributed by atoms with Crippen molar-refractivity contribution in [2.45, 2.75) is 45.6 Å². The van der Waals surface area contributed by atoms with E-state index in [1.807, 2.05) is 0 Å². The number of aldehydes is 2. The number of aromatic hydroxyl groups is 2. The topological polar surface area (TPSA) is 83.8 Å². The maximum atomic E-state index is 11.5. The van der Waals surface area contributed by atoms with Crippen LogP contribution < -0.4 is 4.74 Å². The quantitative estimate of drug-likeness (QED) is 0.814. The maximum absolute atomic E-state index is 11.5. The molecule has 2 N–H and O–H groups in total. The minimum Gasteiger partial charge on any atom is -0.507 e. The average Bonchev–Trinajstić information content (AvgIpc) is 3.10. The summed E-state index contributed by atoms with van der Waals surface area (Å²) in [6.45, 7) is 6.59. The third-order valence-corrected chi connectivity index (χ3v) is 6.88. The molecule has 1 aromatic rings. The van der Waals surface area contributed by atoms with E-state index in [9.17, 15) is 19.8 Å². The third kappa shape index (κ3) is 1.65. The first-order valence-electron chi connectivity index (χ1n) is 8.47. The van der Waals surface area contributed by atoms with Gasteiger partial charge < -0.3 is 14.9 Å². The number of ether oxygens (including phenoxy) is 1. The molecule has 2 fully saturated rings. The average molecular weight is 330 g/mol. The van der Waals surface area contributed by atoms with E-state index in [4.69, 9.17) is 4.74 Å². The summed E-state index contributed by atoms with van der Waals surface area (Å²) in [6.07, 6.45) is 3.57. The largest absolute Gasteiger partial charge is 0.507 e. The highest BCUT2D eigenvalue weighted by molar-refractivity contribution is 5.95. The zero-order valence-electron chi connectivity index (χ0n) is 14.1. The Kier molecular flexibility index (Phi) is 2.92. The van der Waals surface area contributed by atoms with Crippen molar-refractivity contribution in [1.82, 2.24) is 0 Å². The van der Waals surface area contributed by atoms with Crippen molar-refractivity contribution >= 4 is 12.6 Å². The number of rotatable bonds is 2. The predicted octanol–water partition coefficient (Wildman–Crippen LogP) is 3.10. The third-order valence-electron chi connectivity index (χ3n) is 6.88. The molecular formula is C19H22O5. The first kappa shape index (κ1) is 15.5. The molecule has 1 heterocycles. The molecule has 0 amide bonds. The van der Waals surface area contributed by atoms with Gasteiger partial charge in [-0.25, -0.2) is 0 Å². The smallest absolute Gasteiger partial charge is 0.157 e. The van der Waals surface area contributed by atoms with E-state index in [-0.39, 0.29) is 34.0 Å². The van der Waals surface area contributed by atoms with E-state index in [2.05, 4.69) is 20.8 Å². The van der Waals surface area contributed by atoms with Gasteiger partial charge in [0.25, 0.3) is 0 Å². The fourth-order valence-corrected chi connectivity index (χ4v) is 5.58. The summed E-state index contributed by atoms with van der Waals surface area (Å²) in [4.78, 5) is 22.7. The van der Waals surface area contributed by atoms with E-state index in [0.717, 1.165) is 12.8 Å². The molecule has 1 aliphatic heterocycles. The molecule has 0 aromatic heterocycles. The van der Waals surface area contributed by atoms with Gasteiger partial charge in [0.05, 0.1) is 11.1 Å². The standard InChI is InChI=1S/C19H22O5/c1-18(2)13-5-4-9-6-10-14(22)11(7-20)15(23)12(8-21)16(10)24-19(9,3)17(13)18/h7-9,13,17,22-23H,4-6H2,1-3H3/t9-,13+,17-,19+/m1/s1. The molecule has 0 saturated heterocycles. The van der Waals surface area contributed by atoms with E-state index < -0.39 is 11.4 Å². The van der Waals surface area contributed by atoms with E-state index in [1.54, 1.807) is 0 Å². The van der Waals surface area contributed by atoms with Crippen LogP contribution in [0.2, 0.25) is 0 Å². The fraction of sp³-hybridized carbons (Fsp3) is 0.579. The Labute approximate surface area is 140 Å². The highest BCUT2D eigenvalue weighted by Crippen LogP contribution is 2.71. The molecular weight excluding hydrogens is 308 g/mol. The molecule has 5 nitrogen and oxygen atoms in total. The number of hydrogen-bond donors (Lipinski definition) is 2. The highest BCUT2D eigenvalue weighted by Gasteiger charge is 2.70. The Morgan fingerprint density at radius 2 is 1.71 bits per heavy atom. The van der Waals surface area contributed by atoms with Gasteiger partial charge in [-0.2, -0.15) is 0 Å². The molecule has 0 unspecified atom stereocenters. The van der Waals surface area contributed by atoms with Crippen LogP contribution in [0.5, 0.6) is 17.2 Å². The Morgan fingerprint density at radius 1 is 1.04 bits per heavy atom. The van der Waals surface area contributed by atoms with Gasteiger partial charge in [0, 0.05) is 17.4 Å². The minimum atomic E-state index is -0.499. The minimum absolute atomic E-state index is 0.0369. The first-order chi connectivity index (χ1) is 11.3. The molecule has 0 radical (unpaired) electrons. The molecule has 4 rings (SSSR count). The number of carbonyl (C=O) groups excluding carboxylic acids is 2. The van der Waals surface area contributed by atoms with Crippen molar-refractivity contribution in [3.05, 3.63) is 16.7 Å². The molecule has 3 aliphatic rings. The zero-order valence-corrected chi connectivity index (χ0v) is 14.1. The SMILES string of the molecule is CC1(C)[C@H]2[C@@H]1CC[C@@H]1Cc3c(O)c(C=O)c(O)c(C=O)c3O[C@@]12C. The lowest BCUT2D eigenvalue weighted by Crippen LogP contribution is -2.50. The van der Waals surface area contributed by atoms with Crippen molar-refractivity contribution in [3.8, 4) is 17.2 Å². The lowest BCUT2D eigenvalue weighted by atomic mass is 9.70. The van der Waals surface area contributed by atoms with Crippen molar-refractivity contribution < 1.29 is 24.5 Å². The van der Waals surface area contributed by atoms with Crippen LogP contribution in [0.15, 0.2) is 0 Å². The molecule has 0 spiro atoms. The Balaban J connectivity index is 1.89. The Hall–Kier alpha value is -2.04. The van der Waals surface area contributed by atoms with Crippen LogP contribution in [0, 0.1) is 23.2 Å². The van der Waals surface area contributed by atoms with Gasteiger partial charge in [0.1, 0.15) is 22.8 Å². The molecule has 2 aliphatic carbocycles. The molecule has 0 bridgehead atoms. The lowest BCUT2D eigenvalue weighted by Gasteiger charge is -2.46. The van der Waals surface area contributed by atoms with Gasteiger partial charge in [-0.1, -0.05) is 13.8 Å². The predicted molar refractivity (Wildman–Crippen MR) is 86.8 cm³/mol. The number of hydrogen-bond acceptors (Lipinski definition) is 5. The van der Waals surface area contributed by atoms with Gasteiger partial charge in [-0.15, -0.1) is 0 Å². The van der Waals surface area contributed by atoms with Crippen molar-refractivity contribution in [3.63, 3.8) is 0 Å². The van der Waals surface area contributed by atoms with Gasteiger partial charge >= 0.3 is 0 Å². The van der Waals surface area contributed by atoms with E-state index in [0.29, 0.717) is 36.4 Å². The van der Waals surface area contributed by atoms with Crippen molar-refractivity contribution in [2.75, 3.05) is 0 Å². The van der Waals surface area contributed by atoms with Gasteiger partial charge in [0.15, 0.2) is 12.6 Å². The summed E-state index contributed by atoms with van der Waals surface area (Å²) < 4.78 is 6.33. The maximum Gasteiger partial charge on any atom is 0.157 e. The van der Waals surface area contributed by atoms with Crippen LogP contribution >= 0.6 is 0 Å². The van der Waals surface area contributed by atoms with Gasteiger partial charge in [0.2, 0.25) is 0 Å². The number of phenols is 2. The highest BCUT2D eigenvalue weighted by atomic mass is 16.5. The molecule has 1 aromatic carbocycles. The summed E-state index contributed by atoms with van der Waals surface area (Å²) in [5.41, 5.74) is -0.0153. The van der Waals surface area contributed by atoms with Crippen LogP contribution in [0.25, 0.3) is 0 Å². The van der Waals surface area contributed by atoms with Crippen LogP contribution in [0.4, 0.5) is 0 Å². The van der Waals surface area contributed by atoms with Crippen molar-refractivity contribution in [2.24, 2.45) is 23.2 Å². The molecule has 2 saturated carbocycles. The Bertz CT molecular complexity index is 766. The summed E-state index contributed by atoms with van der Waals surface area (Å²) in [7, 11) is 0. The molecule has 5 heteroatoms. The van der Waals surface area contributed by atoms with Crippen LogP contribution in [-0.4, -0.2) is 28.4 Å². The van der Waals surface area contributed by atoms with Crippen LogP contribution in [-0.2, 0) is 6.42 Å². The summed E-state index contributed by atoms with van der Waals surface area (Å²) in [5.74, 6) is 0.709. The van der Waals surface area contributed by atoms with Crippen LogP contribution in [0.3, 0.4) is 0 Å². The number of fused-ring (bicyclic) bond motifs is 4. The number of benzene rings is 1. The first-order valence-corrected chi connectivity index (χ1v) is 8.47. The lowest BCUT2D eigenvalue weighted by molar-refractivity contribution is -0.0401. The normalized spacial score (nSPS) is 35.0. The summed E-state index contributed by atoms with van der Waals surface area (Å²) in [5, 5.41) is 20.6. The summed E-state index contributed by atoms with van der Waals surface area (Å²) in [6, 6.07) is 0. The van der Waals surface area contributed by atoms with E-state index >= 15 is 0 Å². The second-order valence-corrected chi connectivity index (χ2v) is 8.24. The van der Waals surface area contributed by atoms with Crippen LogP contribution in [0.1, 0.15) is 59.9 Å². The molecule has 128 valence electrons. The summed E-state index contributed by atoms with van der Waals surface area (Å²) >= 11 is 0. The second-order valence-electron chi connectivity index (χ2n) is 8.24. The fourth-order valence-electron chi connectivity index (χ4n) is 5.58.